The summed E-state index contributed by atoms with van der Waals surface area (Å²) in [6.07, 6.45) is 2.57. The standard InChI is InChI=1S/C15H22ClFN2O/c1-19(7-8-20-10-11-5-6-11)14(9-18)12-3-2-4-13(16)15(12)17/h2-4,11,14H,5-10,18H2,1H3. The number of halogens is 2. The Balaban J connectivity index is 1.90. The predicted octanol–water partition coefficient (Wildman–Crippen LogP) is 2.84. The van der Waals surface area contributed by atoms with Crippen LogP contribution in [0, 0.1) is 11.7 Å². The maximum Gasteiger partial charge on any atom is 0.146 e. The van der Waals surface area contributed by atoms with Crippen LogP contribution in [0.1, 0.15) is 24.4 Å². The summed E-state index contributed by atoms with van der Waals surface area (Å²) < 4.78 is 19.7. The van der Waals surface area contributed by atoms with Crippen molar-refractivity contribution in [3.8, 4) is 0 Å². The number of hydrogen-bond acceptors (Lipinski definition) is 3. The zero-order chi connectivity index (χ0) is 14.5. The van der Waals surface area contributed by atoms with Crippen LogP contribution in [-0.4, -0.2) is 38.3 Å². The molecule has 0 saturated heterocycles. The average Bonchev–Trinajstić information content (AvgIpc) is 3.24. The molecule has 20 heavy (non-hydrogen) atoms. The van der Waals surface area contributed by atoms with Crippen molar-refractivity contribution in [2.24, 2.45) is 11.7 Å². The van der Waals surface area contributed by atoms with Crippen molar-refractivity contribution in [1.82, 2.24) is 4.90 Å². The summed E-state index contributed by atoms with van der Waals surface area (Å²) in [6, 6.07) is 4.85. The van der Waals surface area contributed by atoms with Gasteiger partial charge in [-0.15, -0.1) is 0 Å². The molecule has 0 bridgehead atoms. The molecule has 1 aliphatic rings. The number of nitrogens with zero attached hydrogens (tertiary/aromatic N) is 1. The Bertz CT molecular complexity index is 440. The van der Waals surface area contributed by atoms with Gasteiger partial charge in [-0.1, -0.05) is 23.7 Å². The molecule has 1 aromatic carbocycles. The fourth-order valence-corrected chi connectivity index (χ4v) is 2.40. The van der Waals surface area contributed by atoms with Crippen molar-refractivity contribution in [1.29, 1.82) is 0 Å². The lowest BCUT2D eigenvalue weighted by molar-refractivity contribution is 0.0917. The molecule has 1 aromatic rings. The fraction of sp³-hybridized carbons (Fsp3) is 0.600. The SMILES string of the molecule is CN(CCOCC1CC1)C(CN)c1cccc(Cl)c1F. The smallest absolute Gasteiger partial charge is 0.146 e. The molecule has 1 fully saturated rings. The van der Waals surface area contributed by atoms with Crippen LogP contribution >= 0.6 is 11.6 Å². The molecule has 0 amide bonds. The number of rotatable bonds is 8. The molecule has 1 aliphatic carbocycles. The molecule has 1 saturated carbocycles. The van der Waals surface area contributed by atoms with Crippen LogP contribution < -0.4 is 5.73 Å². The Morgan fingerprint density at radius 1 is 1.50 bits per heavy atom. The maximum atomic E-state index is 14.1. The van der Waals surface area contributed by atoms with Gasteiger partial charge >= 0.3 is 0 Å². The highest BCUT2D eigenvalue weighted by Crippen LogP contribution is 2.29. The third kappa shape index (κ3) is 4.16. The van der Waals surface area contributed by atoms with Gasteiger partial charge in [0.05, 0.1) is 11.6 Å². The molecule has 2 rings (SSSR count). The minimum Gasteiger partial charge on any atom is -0.380 e. The van der Waals surface area contributed by atoms with Gasteiger partial charge in [0.1, 0.15) is 5.82 Å². The van der Waals surface area contributed by atoms with E-state index in [9.17, 15) is 4.39 Å². The molecular weight excluding hydrogens is 279 g/mol. The molecule has 0 heterocycles. The molecule has 2 N–H and O–H groups in total. The second-order valence-electron chi connectivity index (χ2n) is 5.39. The highest BCUT2D eigenvalue weighted by molar-refractivity contribution is 6.30. The van der Waals surface area contributed by atoms with Gasteiger partial charge in [-0.25, -0.2) is 4.39 Å². The van der Waals surface area contributed by atoms with E-state index in [0.717, 1.165) is 19.1 Å². The number of benzene rings is 1. The summed E-state index contributed by atoms with van der Waals surface area (Å²) >= 11 is 5.83. The van der Waals surface area contributed by atoms with Gasteiger partial charge in [-0.05, 0) is 31.9 Å². The molecular formula is C15H22ClFN2O. The van der Waals surface area contributed by atoms with Crippen LogP contribution in [0.15, 0.2) is 18.2 Å². The Hall–Kier alpha value is -0.680. The zero-order valence-corrected chi connectivity index (χ0v) is 12.6. The second-order valence-corrected chi connectivity index (χ2v) is 5.80. The second kappa shape index (κ2) is 7.36. The quantitative estimate of drug-likeness (QED) is 0.750. The third-order valence-electron chi connectivity index (χ3n) is 3.73. The van der Waals surface area contributed by atoms with Crippen molar-refractivity contribution >= 4 is 11.6 Å². The Labute approximate surface area is 124 Å². The van der Waals surface area contributed by atoms with Gasteiger partial charge in [-0.2, -0.15) is 0 Å². The predicted molar refractivity (Wildman–Crippen MR) is 79.4 cm³/mol. The molecule has 0 aliphatic heterocycles. The number of likely N-dealkylation sites (N-methyl/N-ethyl adjacent to an activating group) is 1. The number of nitrogens with two attached hydrogens (primary N) is 1. The first-order chi connectivity index (χ1) is 9.63. The van der Waals surface area contributed by atoms with Crippen molar-refractivity contribution < 1.29 is 9.13 Å². The lowest BCUT2D eigenvalue weighted by Gasteiger charge is -2.27. The first-order valence-corrected chi connectivity index (χ1v) is 7.43. The first-order valence-electron chi connectivity index (χ1n) is 7.05. The third-order valence-corrected chi connectivity index (χ3v) is 4.03. The van der Waals surface area contributed by atoms with E-state index in [2.05, 4.69) is 0 Å². The summed E-state index contributed by atoms with van der Waals surface area (Å²) in [5, 5.41) is 0.138. The molecule has 5 heteroatoms. The molecule has 1 atom stereocenters. The zero-order valence-electron chi connectivity index (χ0n) is 11.8. The van der Waals surface area contributed by atoms with Crippen molar-refractivity contribution in [3.63, 3.8) is 0 Å². The first kappa shape index (κ1) is 15.7. The summed E-state index contributed by atoms with van der Waals surface area (Å²) in [5.74, 6) is 0.381. The van der Waals surface area contributed by atoms with Crippen LogP contribution in [0.3, 0.4) is 0 Å². The van der Waals surface area contributed by atoms with E-state index in [4.69, 9.17) is 22.1 Å². The Morgan fingerprint density at radius 2 is 2.25 bits per heavy atom. The maximum absolute atomic E-state index is 14.1. The fourth-order valence-electron chi connectivity index (χ4n) is 2.22. The topological polar surface area (TPSA) is 38.5 Å². The van der Waals surface area contributed by atoms with Gasteiger partial charge < -0.3 is 10.5 Å². The van der Waals surface area contributed by atoms with Gasteiger partial charge in [-0.3, -0.25) is 4.90 Å². The Kier molecular flexibility index (Phi) is 5.78. The Morgan fingerprint density at radius 3 is 2.90 bits per heavy atom. The van der Waals surface area contributed by atoms with Crippen molar-refractivity contribution in [3.05, 3.63) is 34.6 Å². The van der Waals surface area contributed by atoms with Crippen LogP contribution in [-0.2, 0) is 4.74 Å². The van der Waals surface area contributed by atoms with E-state index in [1.165, 1.54) is 12.8 Å². The minimum atomic E-state index is -0.379. The molecule has 112 valence electrons. The van der Waals surface area contributed by atoms with Crippen LogP contribution in [0.25, 0.3) is 0 Å². The van der Waals surface area contributed by atoms with Gasteiger partial charge in [0.25, 0.3) is 0 Å². The number of ether oxygens (including phenoxy) is 1. The highest BCUT2D eigenvalue weighted by atomic mass is 35.5. The monoisotopic (exact) mass is 300 g/mol. The van der Waals surface area contributed by atoms with E-state index in [1.54, 1.807) is 18.2 Å². The normalized spacial score (nSPS) is 16.6. The van der Waals surface area contributed by atoms with Gasteiger partial charge in [0.2, 0.25) is 0 Å². The summed E-state index contributed by atoms with van der Waals surface area (Å²) in [7, 11) is 1.93. The van der Waals surface area contributed by atoms with Crippen LogP contribution in [0.2, 0.25) is 5.02 Å². The van der Waals surface area contributed by atoms with Crippen molar-refractivity contribution in [2.45, 2.75) is 18.9 Å². The molecule has 0 radical (unpaired) electrons. The lowest BCUT2D eigenvalue weighted by atomic mass is 10.1. The van der Waals surface area contributed by atoms with E-state index in [1.807, 2.05) is 11.9 Å². The average molecular weight is 301 g/mol. The summed E-state index contributed by atoms with van der Waals surface area (Å²) in [4.78, 5) is 2.02. The van der Waals surface area contributed by atoms with Gasteiger partial charge in [0.15, 0.2) is 0 Å². The van der Waals surface area contributed by atoms with Crippen LogP contribution in [0.5, 0.6) is 0 Å². The van der Waals surface area contributed by atoms with Crippen molar-refractivity contribution in [2.75, 3.05) is 33.4 Å². The molecule has 1 unspecified atom stereocenters. The van der Waals surface area contributed by atoms with Crippen LogP contribution in [0.4, 0.5) is 4.39 Å². The van der Waals surface area contributed by atoms with Gasteiger partial charge in [0, 0.05) is 31.3 Å². The van der Waals surface area contributed by atoms with E-state index in [-0.39, 0.29) is 16.9 Å². The van der Waals surface area contributed by atoms with E-state index < -0.39 is 0 Å². The van der Waals surface area contributed by atoms with E-state index >= 15 is 0 Å². The lowest BCUT2D eigenvalue weighted by Crippen LogP contribution is -2.33. The summed E-state index contributed by atoms with van der Waals surface area (Å²) in [5.41, 5.74) is 6.34. The summed E-state index contributed by atoms with van der Waals surface area (Å²) in [6.45, 7) is 2.55. The molecule has 0 aromatic heterocycles. The minimum absolute atomic E-state index is 0.138. The largest absolute Gasteiger partial charge is 0.380 e. The van der Waals surface area contributed by atoms with E-state index in [0.29, 0.717) is 18.7 Å². The molecule has 0 spiro atoms. The highest BCUT2D eigenvalue weighted by Gasteiger charge is 2.22. The molecule has 3 nitrogen and oxygen atoms in total. The number of hydrogen-bond donors (Lipinski definition) is 1.